The lowest BCUT2D eigenvalue weighted by atomic mass is 10.1. The third-order valence-electron chi connectivity index (χ3n) is 3.13. The smallest absolute Gasteiger partial charge is 0.0714 e. The summed E-state index contributed by atoms with van der Waals surface area (Å²) in [4.78, 5) is 1.27. The second-order valence-electron chi connectivity index (χ2n) is 4.48. The molecule has 19 heavy (non-hydrogen) atoms. The van der Waals surface area contributed by atoms with Crippen LogP contribution in [-0.4, -0.2) is 6.26 Å². The summed E-state index contributed by atoms with van der Waals surface area (Å²) >= 11 is 3.61. The maximum Gasteiger partial charge on any atom is 0.0714 e. The van der Waals surface area contributed by atoms with Crippen molar-refractivity contribution in [1.29, 1.82) is 0 Å². The average Bonchev–Trinajstić information content (AvgIpc) is 3.11. The Morgan fingerprint density at radius 3 is 2.74 bits per heavy atom. The number of hydrazine groups is 1. The lowest BCUT2D eigenvalue weighted by Gasteiger charge is -2.09. The summed E-state index contributed by atoms with van der Waals surface area (Å²) in [5.74, 6) is 1.08. The first kappa shape index (κ1) is 12.8. The van der Waals surface area contributed by atoms with Gasteiger partial charge in [0.25, 0.3) is 0 Å². The van der Waals surface area contributed by atoms with Crippen LogP contribution in [0.5, 0.6) is 0 Å². The molecule has 2 aromatic rings. The van der Waals surface area contributed by atoms with Gasteiger partial charge in [-0.25, -0.2) is 5.43 Å². The van der Waals surface area contributed by atoms with E-state index >= 15 is 0 Å². The number of thioether (sulfide) groups is 1. The van der Waals surface area contributed by atoms with Crippen molar-refractivity contribution in [3.8, 4) is 0 Å². The Labute approximate surface area is 121 Å². The van der Waals surface area contributed by atoms with Gasteiger partial charge in [0.2, 0.25) is 0 Å². The van der Waals surface area contributed by atoms with Crippen molar-refractivity contribution in [2.45, 2.75) is 11.8 Å². The summed E-state index contributed by atoms with van der Waals surface area (Å²) in [6, 6.07) is 13.3. The molecule has 1 atom stereocenters. The first-order valence-electron chi connectivity index (χ1n) is 6.22. The van der Waals surface area contributed by atoms with Gasteiger partial charge in [0.15, 0.2) is 0 Å². The van der Waals surface area contributed by atoms with E-state index in [1.807, 2.05) is 11.8 Å². The predicted octanol–water partition coefficient (Wildman–Crippen LogP) is 3.80. The van der Waals surface area contributed by atoms with Crippen LogP contribution in [0.1, 0.15) is 22.0 Å². The molecule has 1 aromatic carbocycles. The van der Waals surface area contributed by atoms with Crippen molar-refractivity contribution in [3.63, 3.8) is 0 Å². The van der Waals surface area contributed by atoms with E-state index in [0.29, 0.717) is 0 Å². The molecule has 3 rings (SSSR count). The van der Waals surface area contributed by atoms with Crippen molar-refractivity contribution in [1.82, 2.24) is 10.9 Å². The van der Waals surface area contributed by atoms with Crippen LogP contribution in [-0.2, 0) is 5.75 Å². The van der Waals surface area contributed by atoms with Gasteiger partial charge in [-0.1, -0.05) is 30.3 Å². The number of benzene rings is 1. The van der Waals surface area contributed by atoms with Crippen molar-refractivity contribution in [3.05, 3.63) is 63.9 Å². The highest BCUT2D eigenvalue weighted by atomic mass is 32.2. The first-order chi connectivity index (χ1) is 9.36. The largest absolute Gasteiger partial charge is 0.319 e. The molecule has 0 aliphatic carbocycles. The predicted molar refractivity (Wildman–Crippen MR) is 85.0 cm³/mol. The number of hydrogen-bond donors (Lipinski definition) is 2. The summed E-state index contributed by atoms with van der Waals surface area (Å²) in [6.45, 7) is 0. The second-order valence-corrected chi connectivity index (χ2v) is 6.29. The van der Waals surface area contributed by atoms with E-state index in [9.17, 15) is 0 Å². The van der Waals surface area contributed by atoms with E-state index < -0.39 is 0 Å². The fourth-order valence-corrected chi connectivity index (χ4v) is 3.38. The monoisotopic (exact) mass is 288 g/mol. The molecule has 1 aliphatic rings. The lowest BCUT2D eigenvalue weighted by molar-refractivity contribution is 0.616. The first-order valence-corrected chi connectivity index (χ1v) is 8.49. The molecule has 0 fully saturated rings. The number of rotatable bonds is 4. The molecule has 0 bridgehead atoms. The number of nitrogens with one attached hydrogen (secondary N) is 2. The molecule has 0 spiro atoms. The van der Waals surface area contributed by atoms with Crippen LogP contribution < -0.4 is 10.9 Å². The van der Waals surface area contributed by atoms with E-state index in [-0.39, 0.29) is 6.04 Å². The Morgan fingerprint density at radius 1 is 1.21 bits per heavy atom. The highest BCUT2D eigenvalue weighted by Crippen LogP contribution is 2.27. The van der Waals surface area contributed by atoms with Crippen molar-refractivity contribution in [2.75, 3.05) is 6.26 Å². The molecular weight excluding hydrogens is 272 g/mol. The van der Waals surface area contributed by atoms with Gasteiger partial charge >= 0.3 is 0 Å². The Hall–Kier alpha value is -1.23. The fraction of sp³-hybridized carbons (Fsp3) is 0.200. The third-order valence-corrected chi connectivity index (χ3v) is 4.66. The van der Waals surface area contributed by atoms with Gasteiger partial charge in [0.05, 0.1) is 16.6 Å². The van der Waals surface area contributed by atoms with E-state index in [1.54, 1.807) is 11.3 Å². The van der Waals surface area contributed by atoms with Crippen LogP contribution in [0, 0.1) is 0 Å². The quantitative estimate of drug-likeness (QED) is 0.895. The Bertz CT molecular complexity index is 558. The van der Waals surface area contributed by atoms with Crippen LogP contribution in [0.25, 0.3) is 5.70 Å². The van der Waals surface area contributed by atoms with Crippen LogP contribution in [0.3, 0.4) is 0 Å². The fourth-order valence-electron chi connectivity index (χ4n) is 2.15. The third kappa shape index (κ3) is 2.86. The Balaban J connectivity index is 1.76. The minimum Gasteiger partial charge on any atom is -0.319 e. The molecule has 1 aliphatic heterocycles. The summed E-state index contributed by atoms with van der Waals surface area (Å²) in [5.41, 5.74) is 10.4. The highest BCUT2D eigenvalue weighted by Gasteiger charge is 2.17. The van der Waals surface area contributed by atoms with Gasteiger partial charge in [-0.15, -0.1) is 11.3 Å². The zero-order chi connectivity index (χ0) is 13.1. The molecule has 1 aromatic heterocycles. The molecule has 0 saturated heterocycles. The van der Waals surface area contributed by atoms with Gasteiger partial charge in [-0.2, -0.15) is 11.8 Å². The second kappa shape index (κ2) is 5.82. The minimum absolute atomic E-state index is 0.250. The van der Waals surface area contributed by atoms with Crippen molar-refractivity contribution < 1.29 is 0 Å². The lowest BCUT2D eigenvalue weighted by Crippen LogP contribution is -2.26. The van der Waals surface area contributed by atoms with E-state index in [0.717, 1.165) is 5.75 Å². The maximum atomic E-state index is 3.32. The topological polar surface area (TPSA) is 24.1 Å². The minimum atomic E-state index is 0.250. The zero-order valence-corrected chi connectivity index (χ0v) is 12.4. The maximum absolute atomic E-state index is 3.32. The summed E-state index contributed by atoms with van der Waals surface area (Å²) in [5, 5.41) is 2.10. The molecule has 4 heteroatoms. The molecule has 0 radical (unpaired) electrons. The van der Waals surface area contributed by atoms with Gasteiger partial charge < -0.3 is 5.43 Å². The highest BCUT2D eigenvalue weighted by molar-refractivity contribution is 7.97. The summed E-state index contributed by atoms with van der Waals surface area (Å²) in [6.07, 6.45) is 4.38. The van der Waals surface area contributed by atoms with Gasteiger partial charge in [0.1, 0.15) is 0 Å². The van der Waals surface area contributed by atoms with E-state index in [4.69, 9.17) is 0 Å². The van der Waals surface area contributed by atoms with Crippen molar-refractivity contribution >= 4 is 28.8 Å². The molecular formula is C15H16N2S2. The molecule has 0 amide bonds. The Morgan fingerprint density at radius 2 is 2.05 bits per heavy atom. The number of thiophene rings is 1. The van der Waals surface area contributed by atoms with Crippen molar-refractivity contribution in [2.24, 2.45) is 0 Å². The number of hydrogen-bond acceptors (Lipinski definition) is 4. The van der Waals surface area contributed by atoms with Gasteiger partial charge in [0, 0.05) is 5.75 Å². The normalized spacial score (nSPS) is 18.2. The van der Waals surface area contributed by atoms with E-state index in [1.165, 1.54) is 21.7 Å². The molecule has 2 N–H and O–H groups in total. The van der Waals surface area contributed by atoms with Gasteiger partial charge in [-0.05, 0) is 34.9 Å². The van der Waals surface area contributed by atoms with Crippen LogP contribution in [0.2, 0.25) is 0 Å². The molecule has 0 saturated carbocycles. The van der Waals surface area contributed by atoms with E-state index in [2.05, 4.69) is 65.0 Å². The zero-order valence-electron chi connectivity index (χ0n) is 10.7. The molecule has 1 unspecified atom stereocenters. The molecule has 98 valence electrons. The van der Waals surface area contributed by atoms with Crippen LogP contribution >= 0.6 is 23.1 Å². The summed E-state index contributed by atoms with van der Waals surface area (Å²) < 4.78 is 0. The standard InChI is InChI=1S/C15H16N2S2/c1-18-10-11-4-6-12(7-5-11)13-9-14(17-16-13)15-3-2-8-19-15/h2-9,13,16-17H,10H2,1H3. The SMILES string of the molecule is CSCc1ccc(C2C=C(c3cccs3)NN2)cc1. The van der Waals surface area contributed by atoms with Gasteiger partial charge in [-0.3, -0.25) is 0 Å². The average molecular weight is 288 g/mol. The molecule has 2 nitrogen and oxygen atoms in total. The van der Waals surface area contributed by atoms with Crippen LogP contribution in [0.15, 0.2) is 47.9 Å². The Kier molecular flexibility index (Phi) is 3.92. The molecule has 2 heterocycles. The summed E-state index contributed by atoms with van der Waals surface area (Å²) in [7, 11) is 0. The van der Waals surface area contributed by atoms with Crippen LogP contribution in [0.4, 0.5) is 0 Å².